The summed E-state index contributed by atoms with van der Waals surface area (Å²) in [6, 6.07) is 10.7. The molecular weight excluding hydrogens is 308 g/mol. The lowest BCUT2D eigenvalue weighted by Gasteiger charge is -2.38. The van der Waals surface area contributed by atoms with Crippen molar-refractivity contribution in [2.45, 2.75) is 25.0 Å². The van der Waals surface area contributed by atoms with Crippen molar-refractivity contribution in [1.82, 2.24) is 4.90 Å². The van der Waals surface area contributed by atoms with Crippen LogP contribution in [-0.2, 0) is 0 Å². The van der Waals surface area contributed by atoms with Crippen LogP contribution in [0.3, 0.4) is 0 Å². The molecule has 0 saturated heterocycles. The van der Waals surface area contributed by atoms with Gasteiger partial charge in [0.25, 0.3) is 5.91 Å². The molecule has 6 nitrogen and oxygen atoms in total. The van der Waals surface area contributed by atoms with Gasteiger partial charge in [0.2, 0.25) is 5.75 Å². The van der Waals surface area contributed by atoms with Crippen LogP contribution in [0.2, 0.25) is 0 Å². The number of benzene rings is 2. The van der Waals surface area contributed by atoms with E-state index in [-0.39, 0.29) is 29.2 Å². The lowest BCUT2D eigenvalue weighted by Crippen LogP contribution is -2.44. The van der Waals surface area contributed by atoms with Crippen molar-refractivity contribution in [2.24, 2.45) is 0 Å². The van der Waals surface area contributed by atoms with Crippen LogP contribution in [0.4, 0.5) is 5.69 Å². The molecule has 0 unspecified atom stereocenters. The second-order valence-corrected chi connectivity index (χ2v) is 6.13. The number of aromatic hydroxyl groups is 2. The number of phenols is 2. The number of carbonyl (C=O) groups is 1. The van der Waals surface area contributed by atoms with Gasteiger partial charge < -0.3 is 25.2 Å². The van der Waals surface area contributed by atoms with E-state index in [1.165, 1.54) is 13.2 Å². The van der Waals surface area contributed by atoms with Crippen molar-refractivity contribution < 1.29 is 19.7 Å². The van der Waals surface area contributed by atoms with Crippen LogP contribution >= 0.6 is 0 Å². The van der Waals surface area contributed by atoms with Gasteiger partial charge in [0, 0.05) is 17.3 Å². The SMILES string of the molecule is COc1cc([C@@H]2Nc3ccccc3C(=O)N2C2CC2)cc(O)c1O. The molecule has 24 heavy (non-hydrogen) atoms. The third-order valence-corrected chi connectivity index (χ3v) is 4.52. The molecule has 1 saturated carbocycles. The summed E-state index contributed by atoms with van der Waals surface area (Å²) in [6.45, 7) is 0. The van der Waals surface area contributed by atoms with Crippen LogP contribution in [-0.4, -0.2) is 34.2 Å². The first-order valence-electron chi connectivity index (χ1n) is 7.88. The average Bonchev–Trinajstić information content (AvgIpc) is 3.42. The second kappa shape index (κ2) is 5.33. The fourth-order valence-electron chi connectivity index (χ4n) is 3.17. The molecule has 1 heterocycles. The van der Waals surface area contributed by atoms with Gasteiger partial charge >= 0.3 is 0 Å². The van der Waals surface area contributed by atoms with Crippen LogP contribution in [0, 0.1) is 0 Å². The molecule has 2 aromatic carbocycles. The van der Waals surface area contributed by atoms with Gasteiger partial charge in [-0.25, -0.2) is 0 Å². The minimum absolute atomic E-state index is 0.0246. The quantitative estimate of drug-likeness (QED) is 0.756. The van der Waals surface area contributed by atoms with Crippen molar-refractivity contribution in [3.63, 3.8) is 0 Å². The third-order valence-electron chi connectivity index (χ3n) is 4.52. The number of nitrogens with one attached hydrogen (secondary N) is 1. The highest BCUT2D eigenvalue weighted by atomic mass is 16.5. The number of methoxy groups -OCH3 is 1. The van der Waals surface area contributed by atoms with Gasteiger partial charge in [-0.05, 0) is 37.1 Å². The van der Waals surface area contributed by atoms with E-state index in [0.29, 0.717) is 11.1 Å². The number of hydrogen-bond acceptors (Lipinski definition) is 5. The Bertz CT molecular complexity index is 817. The zero-order valence-electron chi connectivity index (χ0n) is 13.2. The van der Waals surface area contributed by atoms with Crippen molar-refractivity contribution >= 4 is 11.6 Å². The number of fused-ring (bicyclic) bond motifs is 1. The number of amides is 1. The topological polar surface area (TPSA) is 82.0 Å². The van der Waals surface area contributed by atoms with Gasteiger partial charge in [-0.15, -0.1) is 0 Å². The molecule has 0 spiro atoms. The zero-order valence-corrected chi connectivity index (χ0v) is 13.2. The molecule has 0 aromatic heterocycles. The minimum atomic E-state index is -0.416. The molecule has 0 radical (unpaired) electrons. The number of ether oxygens (including phenoxy) is 1. The van der Waals surface area contributed by atoms with E-state index in [1.54, 1.807) is 6.07 Å². The maximum Gasteiger partial charge on any atom is 0.258 e. The Morgan fingerprint density at radius 1 is 1.21 bits per heavy atom. The first kappa shape index (κ1) is 14.7. The Morgan fingerprint density at radius 2 is 1.96 bits per heavy atom. The summed E-state index contributed by atoms with van der Waals surface area (Å²) in [5.41, 5.74) is 2.07. The molecule has 6 heteroatoms. The molecule has 1 aliphatic heterocycles. The zero-order chi connectivity index (χ0) is 16.8. The van der Waals surface area contributed by atoms with Crippen molar-refractivity contribution in [1.29, 1.82) is 0 Å². The normalized spacial score (nSPS) is 19.6. The number of hydrogen-bond donors (Lipinski definition) is 3. The molecular formula is C18H18N2O4. The van der Waals surface area contributed by atoms with Gasteiger partial charge in [-0.3, -0.25) is 4.79 Å². The summed E-state index contributed by atoms with van der Waals surface area (Å²) in [5, 5.41) is 23.2. The Balaban J connectivity index is 1.82. The van der Waals surface area contributed by atoms with Gasteiger partial charge in [-0.1, -0.05) is 12.1 Å². The summed E-state index contributed by atoms with van der Waals surface area (Å²) in [6.07, 6.45) is 1.51. The predicted octanol–water partition coefficient (Wildman–Crippen LogP) is 2.84. The van der Waals surface area contributed by atoms with Crippen molar-refractivity contribution in [2.75, 3.05) is 12.4 Å². The van der Waals surface area contributed by atoms with Gasteiger partial charge in [0.05, 0.1) is 12.7 Å². The Kier molecular flexibility index (Phi) is 3.26. The summed E-state index contributed by atoms with van der Waals surface area (Å²) in [7, 11) is 1.42. The van der Waals surface area contributed by atoms with E-state index < -0.39 is 6.17 Å². The summed E-state index contributed by atoms with van der Waals surface area (Å²) in [5.74, 6) is -0.424. The largest absolute Gasteiger partial charge is 0.504 e. The molecule has 2 aliphatic rings. The van der Waals surface area contributed by atoms with E-state index in [4.69, 9.17) is 4.74 Å². The maximum absolute atomic E-state index is 12.9. The highest BCUT2D eigenvalue weighted by molar-refractivity contribution is 6.02. The average molecular weight is 326 g/mol. The highest BCUT2D eigenvalue weighted by Gasteiger charge is 2.42. The van der Waals surface area contributed by atoms with Crippen LogP contribution < -0.4 is 10.1 Å². The summed E-state index contributed by atoms with van der Waals surface area (Å²) < 4.78 is 5.12. The predicted molar refractivity (Wildman–Crippen MR) is 88.3 cm³/mol. The third kappa shape index (κ3) is 2.22. The molecule has 3 N–H and O–H groups in total. The molecule has 2 aromatic rings. The van der Waals surface area contributed by atoms with E-state index >= 15 is 0 Å². The molecule has 1 amide bonds. The lowest BCUT2D eigenvalue weighted by molar-refractivity contribution is 0.0666. The fourth-order valence-corrected chi connectivity index (χ4v) is 3.17. The molecule has 1 aliphatic carbocycles. The fraction of sp³-hybridized carbons (Fsp3) is 0.278. The first-order chi connectivity index (χ1) is 11.6. The molecule has 1 atom stereocenters. The lowest BCUT2D eigenvalue weighted by atomic mass is 10.0. The van der Waals surface area contributed by atoms with Crippen LogP contribution in [0.15, 0.2) is 36.4 Å². The number of nitrogens with zero attached hydrogens (tertiary/aromatic N) is 1. The molecule has 4 rings (SSSR count). The summed E-state index contributed by atoms with van der Waals surface area (Å²) in [4.78, 5) is 14.7. The van der Waals surface area contributed by atoms with E-state index in [1.807, 2.05) is 29.2 Å². The standard InChI is InChI=1S/C18H18N2O4/c1-24-15-9-10(8-14(21)16(15)22)17-19-13-5-3-2-4-12(13)18(23)20(17)11-6-7-11/h2-5,8-9,11,17,19,21-22H,6-7H2,1H3/t17-/m1/s1. The van der Waals surface area contributed by atoms with Crippen molar-refractivity contribution in [3.8, 4) is 17.2 Å². The number of phenolic OH excluding ortho intramolecular Hbond substituents is 2. The van der Waals surface area contributed by atoms with E-state index in [9.17, 15) is 15.0 Å². The number of carbonyl (C=O) groups excluding carboxylic acids is 1. The molecule has 1 fully saturated rings. The summed E-state index contributed by atoms with van der Waals surface area (Å²) >= 11 is 0. The second-order valence-electron chi connectivity index (χ2n) is 6.13. The first-order valence-corrected chi connectivity index (χ1v) is 7.88. The molecule has 0 bridgehead atoms. The van der Waals surface area contributed by atoms with E-state index in [2.05, 4.69) is 5.32 Å². The van der Waals surface area contributed by atoms with Gasteiger partial charge in [0.15, 0.2) is 11.5 Å². The van der Waals surface area contributed by atoms with Gasteiger partial charge in [0.1, 0.15) is 6.17 Å². The van der Waals surface area contributed by atoms with E-state index in [0.717, 1.165) is 18.5 Å². The Labute approximate surface area is 139 Å². The smallest absolute Gasteiger partial charge is 0.258 e. The minimum Gasteiger partial charge on any atom is -0.504 e. The van der Waals surface area contributed by atoms with Gasteiger partial charge in [-0.2, -0.15) is 0 Å². The molecule has 124 valence electrons. The number of rotatable bonds is 3. The monoisotopic (exact) mass is 326 g/mol. The van der Waals surface area contributed by atoms with Crippen LogP contribution in [0.1, 0.15) is 34.9 Å². The Morgan fingerprint density at radius 3 is 2.67 bits per heavy atom. The Hall–Kier alpha value is -2.89. The highest BCUT2D eigenvalue weighted by Crippen LogP contribution is 2.44. The number of anilines is 1. The van der Waals surface area contributed by atoms with Crippen LogP contribution in [0.5, 0.6) is 17.2 Å². The van der Waals surface area contributed by atoms with Crippen LogP contribution in [0.25, 0.3) is 0 Å². The maximum atomic E-state index is 12.9. The number of para-hydroxylation sites is 1. The van der Waals surface area contributed by atoms with Crippen molar-refractivity contribution in [3.05, 3.63) is 47.5 Å².